The summed E-state index contributed by atoms with van der Waals surface area (Å²) in [5.74, 6) is 0. The summed E-state index contributed by atoms with van der Waals surface area (Å²) in [4.78, 5) is 0. The van der Waals surface area contributed by atoms with Crippen LogP contribution in [0.25, 0.3) is 0 Å². The van der Waals surface area contributed by atoms with E-state index in [1.807, 2.05) is 19.9 Å². The Kier molecular flexibility index (Phi) is 6.54. The normalized spacial score (nSPS) is 21.9. The molecule has 0 bridgehead atoms. The van der Waals surface area contributed by atoms with Gasteiger partial charge in [-0.2, -0.15) is 0 Å². The van der Waals surface area contributed by atoms with Crippen molar-refractivity contribution < 1.29 is 5.11 Å². The molecule has 0 heterocycles. The van der Waals surface area contributed by atoms with Crippen LogP contribution in [0.2, 0.25) is 0 Å². The molecule has 1 rings (SSSR count). The van der Waals surface area contributed by atoms with Crippen LogP contribution >= 0.6 is 23.2 Å². The van der Waals surface area contributed by atoms with Crippen molar-refractivity contribution in [3.05, 3.63) is 22.8 Å². The Morgan fingerprint density at radius 3 is 2.58 bits per heavy atom. The van der Waals surface area contributed by atoms with Crippen LogP contribution in [-0.2, 0) is 0 Å². The predicted molar refractivity (Wildman–Crippen MR) is 54.7 cm³/mol. The molecule has 1 aliphatic carbocycles. The van der Waals surface area contributed by atoms with Gasteiger partial charge in [0.2, 0.25) is 0 Å². The number of alkyl halides is 1. The molecule has 0 radical (unpaired) electrons. The molecule has 0 aromatic heterocycles. The fraction of sp³-hybridized carbons (Fsp3) is 0.556. The Hall–Kier alpha value is 0.0200. The summed E-state index contributed by atoms with van der Waals surface area (Å²) in [7, 11) is 0. The van der Waals surface area contributed by atoms with Crippen molar-refractivity contribution in [1.29, 1.82) is 0 Å². The molecule has 0 aromatic carbocycles. The highest BCUT2D eigenvalue weighted by Gasteiger charge is 2.10. The Morgan fingerprint density at radius 1 is 1.58 bits per heavy atom. The van der Waals surface area contributed by atoms with Gasteiger partial charge in [0.25, 0.3) is 0 Å². The van der Waals surface area contributed by atoms with Gasteiger partial charge in [0.05, 0.1) is 12.0 Å². The summed E-state index contributed by atoms with van der Waals surface area (Å²) in [6, 6.07) is 0. The second-order valence-corrected chi connectivity index (χ2v) is 3.12. The van der Waals surface area contributed by atoms with Crippen LogP contribution < -0.4 is 0 Å². The van der Waals surface area contributed by atoms with Crippen LogP contribution in [0.3, 0.4) is 0 Å². The van der Waals surface area contributed by atoms with Crippen LogP contribution in [-0.4, -0.2) is 17.1 Å². The van der Waals surface area contributed by atoms with Gasteiger partial charge < -0.3 is 5.11 Å². The van der Waals surface area contributed by atoms with Gasteiger partial charge in [-0.15, -0.1) is 11.6 Å². The molecule has 0 aromatic rings. The minimum atomic E-state index is -0.0292. The van der Waals surface area contributed by atoms with Gasteiger partial charge in [-0.3, -0.25) is 0 Å². The number of halogens is 2. The standard InChI is InChI=1S/C7H8Cl2O.C2H6/c8-6-1-2-7(9)5(3-6)4-10;1-2/h2-3,6,10H,1,4H2;1-2H3. The number of rotatable bonds is 1. The summed E-state index contributed by atoms with van der Waals surface area (Å²) in [5, 5.41) is 9.34. The Bertz CT molecular complexity index is 185. The molecule has 1 unspecified atom stereocenters. The zero-order chi connectivity index (χ0) is 9.56. The van der Waals surface area contributed by atoms with Crippen molar-refractivity contribution in [2.24, 2.45) is 0 Å². The van der Waals surface area contributed by atoms with E-state index in [-0.39, 0.29) is 12.0 Å². The van der Waals surface area contributed by atoms with Crippen LogP contribution in [0, 0.1) is 0 Å². The van der Waals surface area contributed by atoms with E-state index >= 15 is 0 Å². The Balaban J connectivity index is 0.000000561. The average Bonchev–Trinajstić information content (AvgIpc) is 2.13. The topological polar surface area (TPSA) is 20.2 Å². The fourth-order valence-electron chi connectivity index (χ4n) is 0.841. The maximum atomic E-state index is 8.73. The smallest absolute Gasteiger partial charge is 0.0693 e. The van der Waals surface area contributed by atoms with E-state index in [0.29, 0.717) is 5.03 Å². The van der Waals surface area contributed by atoms with Crippen molar-refractivity contribution in [3.63, 3.8) is 0 Å². The Morgan fingerprint density at radius 2 is 2.17 bits per heavy atom. The molecule has 0 saturated carbocycles. The van der Waals surface area contributed by atoms with E-state index in [9.17, 15) is 0 Å². The molecule has 1 atom stereocenters. The number of allylic oxidation sites excluding steroid dienone is 2. The van der Waals surface area contributed by atoms with Gasteiger partial charge in [0.15, 0.2) is 0 Å². The predicted octanol–water partition coefficient (Wildman–Crippen LogP) is 3.07. The lowest BCUT2D eigenvalue weighted by Gasteiger charge is -2.11. The van der Waals surface area contributed by atoms with Gasteiger partial charge in [0, 0.05) is 5.03 Å². The first-order chi connectivity index (χ1) is 5.74. The first-order valence-electron chi connectivity index (χ1n) is 4.05. The minimum Gasteiger partial charge on any atom is -0.392 e. The summed E-state index contributed by atoms with van der Waals surface area (Å²) < 4.78 is 0. The van der Waals surface area contributed by atoms with Crippen LogP contribution in [0.15, 0.2) is 22.8 Å². The molecule has 12 heavy (non-hydrogen) atoms. The second-order valence-electron chi connectivity index (χ2n) is 2.15. The van der Waals surface area contributed by atoms with Crippen molar-refractivity contribution in [2.75, 3.05) is 6.61 Å². The maximum Gasteiger partial charge on any atom is 0.0693 e. The lowest BCUT2D eigenvalue weighted by molar-refractivity contribution is 0.333. The highest BCUT2D eigenvalue weighted by molar-refractivity contribution is 6.32. The van der Waals surface area contributed by atoms with E-state index < -0.39 is 0 Å². The molecular weight excluding hydrogens is 195 g/mol. The van der Waals surface area contributed by atoms with E-state index in [1.165, 1.54) is 0 Å². The van der Waals surface area contributed by atoms with Crippen molar-refractivity contribution in [3.8, 4) is 0 Å². The van der Waals surface area contributed by atoms with Crippen molar-refractivity contribution >= 4 is 23.2 Å². The third-order valence-electron chi connectivity index (χ3n) is 1.38. The quantitative estimate of drug-likeness (QED) is 0.658. The van der Waals surface area contributed by atoms with Gasteiger partial charge in [0.1, 0.15) is 0 Å². The van der Waals surface area contributed by atoms with Crippen LogP contribution in [0.1, 0.15) is 20.3 Å². The van der Waals surface area contributed by atoms with Crippen molar-refractivity contribution in [1.82, 2.24) is 0 Å². The first kappa shape index (κ1) is 12.0. The number of hydrogen-bond acceptors (Lipinski definition) is 1. The first-order valence-corrected chi connectivity index (χ1v) is 4.87. The maximum absolute atomic E-state index is 8.73. The molecule has 70 valence electrons. The molecule has 0 fully saturated rings. The Labute approximate surface area is 83.7 Å². The number of hydrogen-bond donors (Lipinski definition) is 1. The molecule has 1 N–H and O–H groups in total. The van der Waals surface area contributed by atoms with Gasteiger partial charge >= 0.3 is 0 Å². The monoisotopic (exact) mass is 208 g/mol. The van der Waals surface area contributed by atoms with E-state index in [4.69, 9.17) is 28.3 Å². The highest BCUT2D eigenvalue weighted by atomic mass is 35.5. The minimum absolute atomic E-state index is 0.00958. The molecular formula is C9H14Cl2O. The van der Waals surface area contributed by atoms with E-state index in [1.54, 1.807) is 6.08 Å². The molecule has 1 aliphatic rings. The molecule has 0 amide bonds. The van der Waals surface area contributed by atoms with Crippen molar-refractivity contribution in [2.45, 2.75) is 25.6 Å². The summed E-state index contributed by atoms with van der Waals surface area (Å²) >= 11 is 11.5. The summed E-state index contributed by atoms with van der Waals surface area (Å²) in [6.07, 6.45) is 4.36. The largest absolute Gasteiger partial charge is 0.392 e. The summed E-state index contributed by atoms with van der Waals surface area (Å²) in [5.41, 5.74) is 0.730. The van der Waals surface area contributed by atoms with Crippen LogP contribution in [0.4, 0.5) is 0 Å². The number of aliphatic hydroxyl groups is 1. The zero-order valence-corrected chi connectivity index (χ0v) is 8.86. The van der Waals surface area contributed by atoms with Gasteiger partial charge in [-0.25, -0.2) is 0 Å². The number of aliphatic hydroxyl groups excluding tert-OH is 1. The van der Waals surface area contributed by atoms with Gasteiger partial charge in [-0.1, -0.05) is 37.6 Å². The molecule has 0 saturated heterocycles. The fourth-order valence-corrected chi connectivity index (χ4v) is 1.29. The van der Waals surface area contributed by atoms with E-state index in [2.05, 4.69) is 0 Å². The molecule has 0 aliphatic heterocycles. The zero-order valence-electron chi connectivity index (χ0n) is 7.35. The molecule has 1 nitrogen and oxygen atoms in total. The van der Waals surface area contributed by atoms with Crippen LogP contribution in [0.5, 0.6) is 0 Å². The third-order valence-corrected chi connectivity index (χ3v) is 2.08. The molecule has 0 spiro atoms. The molecule has 3 heteroatoms. The summed E-state index contributed by atoms with van der Waals surface area (Å²) in [6.45, 7) is 3.97. The SMILES string of the molecule is CC.OCC1=CC(Cl)CC=C1Cl. The second kappa shape index (κ2) is 6.53. The van der Waals surface area contributed by atoms with E-state index in [0.717, 1.165) is 12.0 Å². The lowest BCUT2D eigenvalue weighted by Crippen LogP contribution is -2.03. The van der Waals surface area contributed by atoms with Gasteiger partial charge in [-0.05, 0) is 12.0 Å². The third kappa shape index (κ3) is 3.61. The average molecular weight is 209 g/mol. The highest BCUT2D eigenvalue weighted by Crippen LogP contribution is 2.24. The lowest BCUT2D eigenvalue weighted by atomic mass is 10.1.